The Kier molecular flexibility index (Phi) is 6.36. The lowest BCUT2D eigenvalue weighted by Crippen LogP contribution is -2.21. The molecular formula is C20H16N4O7. The summed E-state index contributed by atoms with van der Waals surface area (Å²) in [5.74, 6) is -1.26. The van der Waals surface area contributed by atoms with Crippen LogP contribution >= 0.6 is 0 Å². The highest BCUT2D eigenvalue weighted by Gasteiger charge is 2.15. The second kappa shape index (κ2) is 9.31. The van der Waals surface area contributed by atoms with E-state index in [2.05, 4.69) is 15.8 Å². The molecule has 1 heterocycles. The smallest absolute Gasteiger partial charge is 0.338 e. The van der Waals surface area contributed by atoms with Gasteiger partial charge < -0.3 is 19.9 Å². The number of aryl methyl sites for hydroxylation is 1. The zero-order valence-electron chi connectivity index (χ0n) is 16.2. The van der Waals surface area contributed by atoms with E-state index in [4.69, 9.17) is 9.26 Å². The molecule has 2 amide bonds. The van der Waals surface area contributed by atoms with Gasteiger partial charge in [0.1, 0.15) is 5.76 Å². The summed E-state index contributed by atoms with van der Waals surface area (Å²) in [7, 11) is 0. The molecule has 0 saturated heterocycles. The highest BCUT2D eigenvalue weighted by Crippen LogP contribution is 2.17. The molecular weight excluding hydrogens is 408 g/mol. The first-order valence-corrected chi connectivity index (χ1v) is 8.88. The SMILES string of the molecule is Cc1cc(NC(=O)COC(=O)c2cccc(NC(=O)c3cccc([N+](=O)[O-])c3)c2)no1. The highest BCUT2D eigenvalue weighted by molar-refractivity contribution is 6.05. The van der Waals surface area contributed by atoms with E-state index in [-0.39, 0.29) is 28.3 Å². The molecule has 11 heteroatoms. The predicted octanol–water partition coefficient (Wildman–Crippen LogP) is 2.94. The van der Waals surface area contributed by atoms with E-state index in [1.54, 1.807) is 6.92 Å². The third-order valence-electron chi connectivity index (χ3n) is 3.91. The summed E-state index contributed by atoms with van der Waals surface area (Å²) in [4.78, 5) is 46.6. The number of aromatic nitrogens is 1. The molecule has 0 aliphatic heterocycles. The van der Waals surface area contributed by atoms with Crippen LogP contribution in [0.5, 0.6) is 0 Å². The van der Waals surface area contributed by atoms with E-state index in [0.29, 0.717) is 5.76 Å². The second-order valence-electron chi connectivity index (χ2n) is 6.29. The molecule has 0 aliphatic rings. The second-order valence-corrected chi connectivity index (χ2v) is 6.29. The number of hydrogen-bond acceptors (Lipinski definition) is 8. The van der Waals surface area contributed by atoms with Crippen LogP contribution in [0.15, 0.2) is 59.1 Å². The minimum absolute atomic E-state index is 0.0851. The number of esters is 1. The van der Waals surface area contributed by atoms with Crippen LogP contribution < -0.4 is 10.6 Å². The number of nitrogens with one attached hydrogen (secondary N) is 2. The van der Waals surface area contributed by atoms with Crippen molar-refractivity contribution in [3.63, 3.8) is 0 Å². The number of anilines is 2. The minimum Gasteiger partial charge on any atom is -0.452 e. The number of carbonyl (C=O) groups excluding carboxylic acids is 3. The van der Waals surface area contributed by atoms with E-state index in [1.807, 2.05) is 0 Å². The van der Waals surface area contributed by atoms with Crippen LogP contribution in [0.25, 0.3) is 0 Å². The standard InChI is InChI=1S/C20H16N4O7/c1-12-8-17(23-31-12)22-18(25)11-30-20(27)14-5-2-6-15(9-14)21-19(26)13-4-3-7-16(10-13)24(28)29/h2-10H,11H2,1H3,(H,21,26)(H,22,23,25). The van der Waals surface area contributed by atoms with Gasteiger partial charge in [0.2, 0.25) is 0 Å². The quantitative estimate of drug-likeness (QED) is 0.333. The first kappa shape index (κ1) is 21.2. The molecule has 31 heavy (non-hydrogen) atoms. The molecule has 0 spiro atoms. The predicted molar refractivity (Wildman–Crippen MR) is 108 cm³/mol. The van der Waals surface area contributed by atoms with Crippen molar-refractivity contribution in [1.29, 1.82) is 0 Å². The number of carbonyl (C=O) groups is 3. The van der Waals surface area contributed by atoms with Gasteiger partial charge in [-0.15, -0.1) is 0 Å². The lowest BCUT2D eigenvalue weighted by Gasteiger charge is -2.08. The van der Waals surface area contributed by atoms with Crippen LogP contribution in [-0.4, -0.2) is 34.5 Å². The summed E-state index contributed by atoms with van der Waals surface area (Å²) >= 11 is 0. The van der Waals surface area contributed by atoms with Gasteiger partial charge in [0.05, 0.1) is 10.5 Å². The van der Waals surface area contributed by atoms with Crippen LogP contribution in [0.3, 0.4) is 0 Å². The molecule has 0 fully saturated rings. The summed E-state index contributed by atoms with van der Waals surface area (Å²) in [6.07, 6.45) is 0. The number of rotatable bonds is 7. The number of ether oxygens (including phenoxy) is 1. The van der Waals surface area contributed by atoms with Gasteiger partial charge in [-0.1, -0.05) is 17.3 Å². The average molecular weight is 424 g/mol. The lowest BCUT2D eigenvalue weighted by molar-refractivity contribution is -0.384. The van der Waals surface area contributed by atoms with Gasteiger partial charge in [0.15, 0.2) is 12.4 Å². The number of nitro benzene ring substituents is 1. The Bertz CT molecular complexity index is 1160. The Morgan fingerprint density at radius 1 is 1.06 bits per heavy atom. The van der Waals surface area contributed by atoms with Crippen molar-refractivity contribution in [3.05, 3.63) is 81.6 Å². The summed E-state index contributed by atoms with van der Waals surface area (Å²) in [5, 5.41) is 19.4. The van der Waals surface area contributed by atoms with Crippen LogP contribution in [0.1, 0.15) is 26.5 Å². The molecule has 0 atom stereocenters. The van der Waals surface area contributed by atoms with Crippen LogP contribution in [0.2, 0.25) is 0 Å². The fourth-order valence-electron chi connectivity index (χ4n) is 2.51. The van der Waals surface area contributed by atoms with E-state index < -0.39 is 29.3 Å². The number of nitrogens with zero attached hydrogens (tertiary/aromatic N) is 2. The molecule has 0 radical (unpaired) electrons. The van der Waals surface area contributed by atoms with Crippen molar-refractivity contribution in [2.45, 2.75) is 6.92 Å². The Balaban J connectivity index is 1.59. The van der Waals surface area contributed by atoms with Crippen LogP contribution in [0.4, 0.5) is 17.2 Å². The maximum atomic E-state index is 12.3. The van der Waals surface area contributed by atoms with E-state index in [0.717, 1.165) is 6.07 Å². The van der Waals surface area contributed by atoms with E-state index >= 15 is 0 Å². The fourth-order valence-corrected chi connectivity index (χ4v) is 2.51. The number of benzene rings is 2. The lowest BCUT2D eigenvalue weighted by atomic mass is 10.1. The van der Waals surface area contributed by atoms with Gasteiger partial charge in [0.25, 0.3) is 17.5 Å². The van der Waals surface area contributed by atoms with Crippen molar-refractivity contribution >= 4 is 35.0 Å². The largest absolute Gasteiger partial charge is 0.452 e. The van der Waals surface area contributed by atoms with Gasteiger partial charge in [0, 0.05) is 29.4 Å². The summed E-state index contributed by atoms with van der Waals surface area (Å²) in [6, 6.07) is 12.6. The van der Waals surface area contributed by atoms with Crippen molar-refractivity contribution in [1.82, 2.24) is 5.16 Å². The zero-order chi connectivity index (χ0) is 22.4. The minimum atomic E-state index is -0.780. The Morgan fingerprint density at radius 2 is 1.81 bits per heavy atom. The summed E-state index contributed by atoms with van der Waals surface area (Å²) in [5.41, 5.74) is 0.237. The molecule has 3 rings (SSSR count). The molecule has 0 aliphatic carbocycles. The van der Waals surface area contributed by atoms with Crippen molar-refractivity contribution in [2.75, 3.05) is 17.2 Å². The molecule has 2 N–H and O–H groups in total. The van der Waals surface area contributed by atoms with Gasteiger partial charge in [-0.3, -0.25) is 19.7 Å². The maximum absolute atomic E-state index is 12.3. The number of nitro groups is 1. The number of hydrogen-bond donors (Lipinski definition) is 2. The van der Waals surface area contributed by atoms with Crippen molar-refractivity contribution < 1.29 is 28.6 Å². The molecule has 11 nitrogen and oxygen atoms in total. The maximum Gasteiger partial charge on any atom is 0.338 e. The van der Waals surface area contributed by atoms with Crippen LogP contribution in [-0.2, 0) is 9.53 Å². The van der Waals surface area contributed by atoms with Crippen molar-refractivity contribution in [2.24, 2.45) is 0 Å². The third-order valence-corrected chi connectivity index (χ3v) is 3.91. The Hall–Kier alpha value is -4.54. The molecule has 3 aromatic rings. The normalized spacial score (nSPS) is 10.2. The van der Waals surface area contributed by atoms with Gasteiger partial charge >= 0.3 is 5.97 Å². The van der Waals surface area contributed by atoms with Gasteiger partial charge in [-0.25, -0.2) is 4.79 Å². The first-order valence-electron chi connectivity index (χ1n) is 8.88. The van der Waals surface area contributed by atoms with Gasteiger partial charge in [-0.2, -0.15) is 0 Å². The average Bonchev–Trinajstić information content (AvgIpc) is 3.16. The summed E-state index contributed by atoms with van der Waals surface area (Å²) < 4.78 is 9.77. The molecule has 1 aromatic heterocycles. The van der Waals surface area contributed by atoms with Crippen molar-refractivity contribution in [3.8, 4) is 0 Å². The first-order chi connectivity index (χ1) is 14.8. The fraction of sp³-hybridized carbons (Fsp3) is 0.100. The molecule has 0 bridgehead atoms. The molecule has 158 valence electrons. The Morgan fingerprint density at radius 3 is 2.52 bits per heavy atom. The molecule has 0 saturated carbocycles. The highest BCUT2D eigenvalue weighted by atomic mass is 16.6. The van der Waals surface area contributed by atoms with Crippen LogP contribution in [0, 0.1) is 17.0 Å². The number of amides is 2. The van der Waals surface area contributed by atoms with E-state index in [1.165, 1.54) is 48.5 Å². The zero-order valence-corrected chi connectivity index (χ0v) is 16.2. The third kappa shape index (κ3) is 5.73. The topological polar surface area (TPSA) is 154 Å². The number of non-ortho nitro benzene ring substituents is 1. The Labute approximate surface area is 175 Å². The van der Waals surface area contributed by atoms with E-state index in [9.17, 15) is 24.5 Å². The molecule has 0 unspecified atom stereocenters. The van der Waals surface area contributed by atoms with Gasteiger partial charge in [-0.05, 0) is 31.2 Å². The summed E-state index contributed by atoms with van der Waals surface area (Å²) in [6.45, 7) is 1.11. The molecule has 2 aromatic carbocycles. The monoisotopic (exact) mass is 424 g/mol.